The third kappa shape index (κ3) is 4.64. The van der Waals surface area contributed by atoms with Gasteiger partial charge in [0, 0.05) is 20.7 Å². The number of carbonyl (C=O) groups excluding carboxylic acids is 1. The summed E-state index contributed by atoms with van der Waals surface area (Å²) >= 11 is 0. The molecule has 7 nitrogen and oxygen atoms in total. The molecule has 7 heteroatoms. The molecule has 0 fully saturated rings. The number of ether oxygens (including phenoxy) is 1. The van der Waals surface area contributed by atoms with Crippen LogP contribution in [0.15, 0.2) is 12.4 Å². The standard InChI is InChI=1S/C10H17N5O2/c1-15(7-9(16)12-3-4-17-2)10-13-5-8(11)6-14-10/h5-6H,3-4,7,11H2,1-2H3,(H,12,16). The van der Waals surface area contributed by atoms with Gasteiger partial charge in [0.05, 0.1) is 31.2 Å². The van der Waals surface area contributed by atoms with E-state index >= 15 is 0 Å². The third-order valence-electron chi connectivity index (χ3n) is 2.01. The molecule has 1 rings (SSSR count). The van der Waals surface area contributed by atoms with Gasteiger partial charge in [-0.3, -0.25) is 4.79 Å². The molecule has 1 aromatic rings. The van der Waals surface area contributed by atoms with E-state index in [9.17, 15) is 4.79 Å². The number of nitrogens with one attached hydrogen (secondary N) is 1. The number of carbonyl (C=O) groups is 1. The van der Waals surface area contributed by atoms with Crippen molar-refractivity contribution in [2.24, 2.45) is 0 Å². The molecular weight excluding hydrogens is 222 g/mol. The highest BCUT2D eigenvalue weighted by Crippen LogP contribution is 2.04. The zero-order valence-electron chi connectivity index (χ0n) is 10.0. The predicted octanol–water partition coefficient (Wildman–Crippen LogP) is -0.742. The molecule has 94 valence electrons. The van der Waals surface area contributed by atoms with Crippen LogP contribution in [0.25, 0.3) is 0 Å². The van der Waals surface area contributed by atoms with Gasteiger partial charge in [0.25, 0.3) is 0 Å². The highest BCUT2D eigenvalue weighted by molar-refractivity contribution is 5.80. The molecule has 0 spiro atoms. The first-order valence-electron chi connectivity index (χ1n) is 5.17. The number of nitrogen functional groups attached to an aromatic ring is 1. The van der Waals surface area contributed by atoms with Crippen LogP contribution in [0.1, 0.15) is 0 Å². The number of hydrogen-bond acceptors (Lipinski definition) is 6. The Morgan fingerprint density at radius 1 is 1.53 bits per heavy atom. The number of likely N-dealkylation sites (N-methyl/N-ethyl adjacent to an activating group) is 1. The number of aromatic nitrogens is 2. The number of nitrogens with two attached hydrogens (primary N) is 1. The summed E-state index contributed by atoms with van der Waals surface area (Å²) in [4.78, 5) is 21.1. The first-order chi connectivity index (χ1) is 8.13. The largest absolute Gasteiger partial charge is 0.396 e. The molecule has 1 amide bonds. The number of methoxy groups -OCH3 is 1. The van der Waals surface area contributed by atoms with Crippen LogP contribution in [0.2, 0.25) is 0 Å². The highest BCUT2D eigenvalue weighted by Gasteiger charge is 2.08. The number of rotatable bonds is 6. The Morgan fingerprint density at radius 3 is 2.76 bits per heavy atom. The van der Waals surface area contributed by atoms with Gasteiger partial charge >= 0.3 is 0 Å². The van der Waals surface area contributed by atoms with Crippen LogP contribution < -0.4 is 16.0 Å². The second kappa shape index (κ2) is 6.64. The quantitative estimate of drug-likeness (QED) is 0.635. The fraction of sp³-hybridized carbons (Fsp3) is 0.500. The Morgan fingerprint density at radius 2 is 2.18 bits per heavy atom. The molecule has 0 aliphatic rings. The van der Waals surface area contributed by atoms with Crippen molar-refractivity contribution in [3.63, 3.8) is 0 Å². The van der Waals surface area contributed by atoms with E-state index in [1.807, 2.05) is 0 Å². The maximum Gasteiger partial charge on any atom is 0.239 e. The van der Waals surface area contributed by atoms with Gasteiger partial charge in [-0.2, -0.15) is 0 Å². The van der Waals surface area contributed by atoms with Crippen LogP contribution in [0.5, 0.6) is 0 Å². The number of hydrogen-bond donors (Lipinski definition) is 2. The average molecular weight is 239 g/mol. The fourth-order valence-electron chi connectivity index (χ4n) is 1.16. The summed E-state index contributed by atoms with van der Waals surface area (Å²) in [6.45, 7) is 1.17. The van der Waals surface area contributed by atoms with Crippen molar-refractivity contribution in [1.82, 2.24) is 15.3 Å². The van der Waals surface area contributed by atoms with E-state index in [4.69, 9.17) is 10.5 Å². The van der Waals surface area contributed by atoms with Crippen molar-refractivity contribution < 1.29 is 9.53 Å². The Hall–Kier alpha value is -1.89. The summed E-state index contributed by atoms with van der Waals surface area (Å²) in [5.74, 6) is 0.353. The molecule has 0 saturated carbocycles. The topological polar surface area (TPSA) is 93.4 Å². The maximum absolute atomic E-state index is 11.5. The molecule has 17 heavy (non-hydrogen) atoms. The summed E-state index contributed by atoms with van der Waals surface area (Å²) in [7, 11) is 3.32. The molecule has 0 radical (unpaired) electrons. The molecule has 0 unspecified atom stereocenters. The summed E-state index contributed by atoms with van der Waals surface area (Å²) in [5, 5.41) is 2.71. The van der Waals surface area contributed by atoms with E-state index in [1.165, 1.54) is 12.4 Å². The molecule has 0 bridgehead atoms. The Balaban J connectivity index is 2.40. The number of amides is 1. The lowest BCUT2D eigenvalue weighted by Gasteiger charge is -2.16. The molecule has 3 N–H and O–H groups in total. The number of nitrogens with zero attached hydrogens (tertiary/aromatic N) is 3. The minimum Gasteiger partial charge on any atom is -0.396 e. The second-order valence-corrected chi connectivity index (χ2v) is 3.52. The van der Waals surface area contributed by atoms with Crippen molar-refractivity contribution in [1.29, 1.82) is 0 Å². The molecule has 0 aliphatic carbocycles. The Kier molecular flexibility index (Phi) is 5.15. The van der Waals surface area contributed by atoms with Crippen molar-refractivity contribution >= 4 is 17.5 Å². The summed E-state index contributed by atoms with van der Waals surface area (Å²) in [6.07, 6.45) is 3.00. The van der Waals surface area contributed by atoms with Gasteiger partial charge in [-0.05, 0) is 0 Å². The van der Waals surface area contributed by atoms with E-state index in [1.54, 1.807) is 19.1 Å². The third-order valence-corrected chi connectivity index (χ3v) is 2.01. The zero-order valence-corrected chi connectivity index (χ0v) is 10.0. The van der Waals surface area contributed by atoms with E-state index in [0.717, 1.165) is 0 Å². The highest BCUT2D eigenvalue weighted by atomic mass is 16.5. The van der Waals surface area contributed by atoms with Gasteiger partial charge in [0.2, 0.25) is 11.9 Å². The SMILES string of the molecule is COCCNC(=O)CN(C)c1ncc(N)cn1. The van der Waals surface area contributed by atoms with E-state index < -0.39 is 0 Å². The lowest BCUT2D eigenvalue weighted by Crippen LogP contribution is -2.37. The van der Waals surface area contributed by atoms with Gasteiger partial charge in [-0.25, -0.2) is 9.97 Å². The average Bonchev–Trinajstić information content (AvgIpc) is 2.30. The van der Waals surface area contributed by atoms with Crippen LogP contribution in [0.4, 0.5) is 11.6 Å². The van der Waals surface area contributed by atoms with Crippen LogP contribution in [-0.4, -0.2) is 49.7 Å². The van der Waals surface area contributed by atoms with Crippen molar-refractivity contribution in [3.8, 4) is 0 Å². The smallest absolute Gasteiger partial charge is 0.239 e. The van der Waals surface area contributed by atoms with Gasteiger partial charge < -0.3 is 20.7 Å². The Bertz CT molecular complexity index is 354. The predicted molar refractivity (Wildman–Crippen MR) is 64.6 cm³/mol. The molecule has 0 aromatic carbocycles. The van der Waals surface area contributed by atoms with Crippen molar-refractivity contribution in [2.75, 3.05) is 44.5 Å². The van der Waals surface area contributed by atoms with Crippen LogP contribution >= 0.6 is 0 Å². The summed E-state index contributed by atoms with van der Waals surface area (Å²) in [6, 6.07) is 0. The zero-order chi connectivity index (χ0) is 12.7. The van der Waals surface area contributed by atoms with Gasteiger partial charge in [-0.15, -0.1) is 0 Å². The van der Waals surface area contributed by atoms with E-state index in [0.29, 0.717) is 24.8 Å². The van der Waals surface area contributed by atoms with E-state index in [-0.39, 0.29) is 12.5 Å². The molecule has 1 heterocycles. The first-order valence-corrected chi connectivity index (χ1v) is 5.17. The second-order valence-electron chi connectivity index (χ2n) is 3.52. The van der Waals surface area contributed by atoms with Crippen LogP contribution in [-0.2, 0) is 9.53 Å². The van der Waals surface area contributed by atoms with Crippen LogP contribution in [0, 0.1) is 0 Å². The monoisotopic (exact) mass is 239 g/mol. The van der Waals surface area contributed by atoms with Crippen LogP contribution in [0.3, 0.4) is 0 Å². The van der Waals surface area contributed by atoms with Gasteiger partial charge in [0.1, 0.15) is 0 Å². The molecule has 0 aliphatic heterocycles. The lowest BCUT2D eigenvalue weighted by molar-refractivity contribution is -0.119. The number of anilines is 2. The van der Waals surface area contributed by atoms with Crippen molar-refractivity contribution in [2.45, 2.75) is 0 Å². The van der Waals surface area contributed by atoms with E-state index in [2.05, 4.69) is 15.3 Å². The summed E-state index contributed by atoms with van der Waals surface area (Å²) < 4.78 is 4.83. The fourth-order valence-corrected chi connectivity index (χ4v) is 1.16. The molecule has 0 atom stereocenters. The van der Waals surface area contributed by atoms with Crippen molar-refractivity contribution in [3.05, 3.63) is 12.4 Å². The maximum atomic E-state index is 11.5. The minimum atomic E-state index is -0.107. The summed E-state index contributed by atoms with van der Waals surface area (Å²) in [5.41, 5.74) is 5.96. The first kappa shape index (κ1) is 13.2. The molecule has 0 saturated heterocycles. The van der Waals surface area contributed by atoms with Gasteiger partial charge in [-0.1, -0.05) is 0 Å². The normalized spacial score (nSPS) is 10.0. The van der Waals surface area contributed by atoms with Gasteiger partial charge in [0.15, 0.2) is 0 Å². The minimum absolute atomic E-state index is 0.107. The molecule has 1 aromatic heterocycles. The molecular formula is C10H17N5O2. The lowest BCUT2D eigenvalue weighted by atomic mass is 10.5. The Labute approximate surface area is 100.0 Å².